The number of ether oxygens (including phenoxy) is 2. The van der Waals surface area contributed by atoms with E-state index in [2.05, 4.69) is 15.9 Å². The van der Waals surface area contributed by atoms with Gasteiger partial charge in [0.25, 0.3) is 0 Å². The second-order valence-electron chi connectivity index (χ2n) is 3.86. The van der Waals surface area contributed by atoms with Crippen molar-refractivity contribution in [2.75, 3.05) is 19.8 Å². The molecule has 0 radical (unpaired) electrons. The maximum atomic E-state index is 10.6. The highest BCUT2D eigenvalue weighted by Gasteiger charge is 2.07. The molecule has 0 aliphatic heterocycles. The Bertz CT molecular complexity index is 469. The highest BCUT2D eigenvalue weighted by Crippen LogP contribution is 2.29. The van der Waals surface area contributed by atoms with Gasteiger partial charge >= 0.3 is 5.97 Å². The molecule has 4 nitrogen and oxygen atoms in total. The van der Waals surface area contributed by atoms with E-state index in [0.29, 0.717) is 25.6 Å². The fraction of sp³-hybridized carbons (Fsp3) is 0.357. The maximum absolute atomic E-state index is 10.6. The van der Waals surface area contributed by atoms with Crippen molar-refractivity contribution in [3.05, 3.63) is 33.8 Å². The zero-order valence-electron chi connectivity index (χ0n) is 11.0. The smallest absolute Gasteiger partial charge is 0.328 e. The minimum absolute atomic E-state index is 0.435. The summed E-state index contributed by atoms with van der Waals surface area (Å²) < 4.78 is 11.8. The average Bonchev–Trinajstić information content (AvgIpc) is 2.34. The van der Waals surface area contributed by atoms with Gasteiger partial charge in [0.2, 0.25) is 0 Å². The predicted octanol–water partition coefficient (Wildman–Crippen LogP) is 3.27. The second kappa shape index (κ2) is 7.96. The first-order chi connectivity index (χ1) is 9.04. The maximum Gasteiger partial charge on any atom is 0.328 e. The van der Waals surface area contributed by atoms with Crippen molar-refractivity contribution in [2.45, 2.75) is 13.8 Å². The van der Waals surface area contributed by atoms with E-state index >= 15 is 0 Å². The predicted molar refractivity (Wildman–Crippen MR) is 77.5 cm³/mol. The van der Waals surface area contributed by atoms with E-state index in [1.165, 1.54) is 6.08 Å². The van der Waals surface area contributed by atoms with Gasteiger partial charge in [-0.3, -0.25) is 0 Å². The largest absolute Gasteiger partial charge is 0.490 e. The quantitative estimate of drug-likeness (QED) is 0.616. The lowest BCUT2D eigenvalue weighted by Crippen LogP contribution is -2.08. The molecule has 0 atom stereocenters. The lowest BCUT2D eigenvalue weighted by atomic mass is 10.1. The third-order valence-electron chi connectivity index (χ3n) is 2.35. The molecule has 0 bridgehead atoms. The Morgan fingerprint density at radius 3 is 2.79 bits per heavy atom. The third-order valence-corrected chi connectivity index (χ3v) is 2.81. The molecule has 5 heteroatoms. The fourth-order valence-electron chi connectivity index (χ4n) is 1.58. The summed E-state index contributed by atoms with van der Waals surface area (Å²) in [5.41, 5.74) is 1.67. The summed E-state index contributed by atoms with van der Waals surface area (Å²) in [4.78, 5) is 10.6. The highest BCUT2D eigenvalue weighted by molar-refractivity contribution is 9.10. The van der Waals surface area contributed by atoms with E-state index in [1.54, 1.807) is 0 Å². The summed E-state index contributed by atoms with van der Waals surface area (Å²) in [6.07, 6.45) is 2.62. The SMILES string of the molecule is CCOCCOc1c(C)cc(Br)cc1/C=C/C(=O)O. The van der Waals surface area contributed by atoms with Crippen LogP contribution < -0.4 is 4.74 Å². The number of hydrogen-bond acceptors (Lipinski definition) is 3. The highest BCUT2D eigenvalue weighted by atomic mass is 79.9. The monoisotopic (exact) mass is 328 g/mol. The standard InChI is InChI=1S/C14H17BrO4/c1-3-18-6-7-19-14-10(2)8-12(15)9-11(14)4-5-13(16)17/h4-5,8-9H,3,6-7H2,1-2H3,(H,16,17)/b5-4+. The van der Waals surface area contributed by atoms with E-state index in [9.17, 15) is 4.79 Å². The summed E-state index contributed by atoms with van der Waals surface area (Å²) in [5, 5.41) is 8.69. The van der Waals surface area contributed by atoms with Gasteiger partial charge in [-0.2, -0.15) is 0 Å². The molecule has 0 heterocycles. The molecule has 104 valence electrons. The normalized spacial score (nSPS) is 10.9. The Labute approximate surface area is 121 Å². The first-order valence-electron chi connectivity index (χ1n) is 5.96. The number of benzene rings is 1. The van der Waals surface area contributed by atoms with Crippen LogP contribution in [-0.2, 0) is 9.53 Å². The molecule has 0 amide bonds. The van der Waals surface area contributed by atoms with Crippen LogP contribution in [0.15, 0.2) is 22.7 Å². The van der Waals surface area contributed by atoms with E-state index in [4.69, 9.17) is 14.6 Å². The van der Waals surface area contributed by atoms with Crippen LogP contribution >= 0.6 is 15.9 Å². The lowest BCUT2D eigenvalue weighted by Gasteiger charge is -2.13. The van der Waals surface area contributed by atoms with Gasteiger partial charge in [0.1, 0.15) is 12.4 Å². The van der Waals surface area contributed by atoms with E-state index in [1.807, 2.05) is 26.0 Å². The number of carbonyl (C=O) groups is 1. The molecule has 1 aromatic carbocycles. The number of halogens is 1. The molecule has 0 aromatic heterocycles. The molecule has 0 fully saturated rings. The van der Waals surface area contributed by atoms with Crippen molar-refractivity contribution in [3.8, 4) is 5.75 Å². The number of rotatable bonds is 7. The first-order valence-corrected chi connectivity index (χ1v) is 6.75. The number of hydrogen-bond donors (Lipinski definition) is 1. The van der Waals surface area contributed by atoms with Crippen LogP contribution in [0.5, 0.6) is 5.75 Å². The Hall–Kier alpha value is -1.33. The van der Waals surface area contributed by atoms with Crippen molar-refractivity contribution >= 4 is 28.0 Å². The molecule has 0 unspecified atom stereocenters. The Balaban J connectivity index is 2.89. The van der Waals surface area contributed by atoms with Gasteiger partial charge in [0.15, 0.2) is 0 Å². The van der Waals surface area contributed by atoms with Crippen LogP contribution in [0.1, 0.15) is 18.1 Å². The summed E-state index contributed by atoms with van der Waals surface area (Å²) in [5.74, 6) is -0.307. The number of aliphatic carboxylic acids is 1. The fourth-order valence-corrected chi connectivity index (χ4v) is 2.17. The van der Waals surface area contributed by atoms with Gasteiger partial charge in [-0.05, 0) is 37.6 Å². The molecular weight excluding hydrogens is 312 g/mol. The molecule has 19 heavy (non-hydrogen) atoms. The zero-order valence-corrected chi connectivity index (χ0v) is 12.6. The zero-order chi connectivity index (χ0) is 14.3. The van der Waals surface area contributed by atoms with Crippen molar-refractivity contribution in [1.82, 2.24) is 0 Å². The summed E-state index contributed by atoms with van der Waals surface area (Å²) in [6, 6.07) is 3.75. The van der Waals surface area contributed by atoms with Crippen molar-refractivity contribution in [2.24, 2.45) is 0 Å². The summed E-state index contributed by atoms with van der Waals surface area (Å²) in [7, 11) is 0. The molecule has 0 saturated carbocycles. The number of carboxylic acids is 1. The van der Waals surface area contributed by atoms with Gasteiger partial charge in [-0.25, -0.2) is 4.79 Å². The van der Waals surface area contributed by atoms with Crippen LogP contribution in [0, 0.1) is 6.92 Å². The number of carboxylic acid groups (broad SMARTS) is 1. The third kappa shape index (κ3) is 5.44. The van der Waals surface area contributed by atoms with Crippen molar-refractivity contribution in [1.29, 1.82) is 0 Å². The van der Waals surface area contributed by atoms with Gasteiger partial charge in [-0.15, -0.1) is 0 Å². The topological polar surface area (TPSA) is 55.8 Å². The number of aryl methyl sites for hydroxylation is 1. The van der Waals surface area contributed by atoms with Gasteiger partial charge in [-0.1, -0.05) is 15.9 Å². The molecule has 1 N–H and O–H groups in total. The first kappa shape index (κ1) is 15.7. The summed E-state index contributed by atoms with van der Waals surface area (Å²) >= 11 is 3.39. The van der Waals surface area contributed by atoms with E-state index in [0.717, 1.165) is 21.7 Å². The second-order valence-corrected chi connectivity index (χ2v) is 4.77. The van der Waals surface area contributed by atoms with Crippen LogP contribution in [0.3, 0.4) is 0 Å². The average molecular weight is 329 g/mol. The van der Waals surface area contributed by atoms with Gasteiger partial charge in [0.05, 0.1) is 6.61 Å². The lowest BCUT2D eigenvalue weighted by molar-refractivity contribution is -0.131. The molecule has 0 aliphatic carbocycles. The van der Waals surface area contributed by atoms with Crippen LogP contribution in [0.25, 0.3) is 6.08 Å². The molecule has 0 aliphatic rings. The molecule has 0 spiro atoms. The van der Waals surface area contributed by atoms with Crippen LogP contribution in [0.2, 0.25) is 0 Å². The minimum atomic E-state index is -0.988. The molecule has 1 aromatic rings. The molecule has 0 saturated heterocycles. The molecule has 1 rings (SSSR count). The Morgan fingerprint density at radius 2 is 2.16 bits per heavy atom. The minimum Gasteiger partial charge on any atom is -0.490 e. The summed E-state index contributed by atoms with van der Waals surface area (Å²) in [6.45, 7) is 5.43. The van der Waals surface area contributed by atoms with Crippen molar-refractivity contribution in [3.63, 3.8) is 0 Å². The van der Waals surface area contributed by atoms with Gasteiger partial charge < -0.3 is 14.6 Å². The van der Waals surface area contributed by atoms with E-state index in [-0.39, 0.29) is 0 Å². The van der Waals surface area contributed by atoms with E-state index < -0.39 is 5.97 Å². The van der Waals surface area contributed by atoms with Crippen molar-refractivity contribution < 1.29 is 19.4 Å². The Kier molecular flexibility index (Phi) is 6.59. The Morgan fingerprint density at radius 1 is 1.42 bits per heavy atom. The van der Waals surface area contributed by atoms with Crippen LogP contribution in [0.4, 0.5) is 0 Å². The van der Waals surface area contributed by atoms with Gasteiger partial charge in [0, 0.05) is 22.7 Å². The molecular formula is C14H17BrO4. The van der Waals surface area contributed by atoms with Crippen LogP contribution in [-0.4, -0.2) is 30.9 Å².